The van der Waals surface area contributed by atoms with E-state index in [2.05, 4.69) is 75.0 Å². The number of amides is 1. The second kappa shape index (κ2) is 23.3. The Morgan fingerprint density at radius 1 is 0.870 bits per heavy atom. The minimum atomic E-state index is -1.63. The highest BCUT2D eigenvalue weighted by atomic mass is 35.5. The van der Waals surface area contributed by atoms with E-state index in [9.17, 15) is 25.2 Å². The highest BCUT2D eigenvalue weighted by molar-refractivity contribution is 6.31. The van der Waals surface area contributed by atoms with Gasteiger partial charge in [0.05, 0.1) is 12.7 Å². The van der Waals surface area contributed by atoms with Crippen molar-refractivity contribution in [3.63, 3.8) is 0 Å². The number of nitrogens with two attached hydrogens (primary N) is 2. The number of nitrogens with zero attached hydrogens (tertiary/aromatic N) is 3. The van der Waals surface area contributed by atoms with Crippen molar-refractivity contribution in [3.8, 4) is 0 Å². The Balaban J connectivity index is 1.46. The summed E-state index contributed by atoms with van der Waals surface area (Å²) >= 11 is 5.85. The number of aliphatic hydroxyl groups excluding tert-OH is 5. The molecule has 54 heavy (non-hydrogen) atoms. The molecule has 300 valence electrons. The second-order valence-corrected chi connectivity index (χ2v) is 14.2. The standard InChI is InChI=1S/C38H60ClN9O6/c1-3-4-5-10-19-48(22-29(50)32(52)33(53)30(51)23-49)20-11-18-43-24(2)21-26-16-15-25(27-13-6-7-14-28(26)27)12-8-9-17-44-38(42)47-37(54)31-35(40)46-36(41)34(39)45-31/h6-7,13-16,24,29-30,32-33,43,49-53H,3-5,8-12,17-23H2,1-2H3,(H4,40,41,46)(H3,42,44,47,54)/t24-,29+,30-,32-,33-/m1/s1. The number of anilines is 2. The lowest BCUT2D eigenvalue weighted by molar-refractivity contribution is -0.119. The van der Waals surface area contributed by atoms with Crippen LogP contribution in [-0.2, 0) is 12.8 Å². The number of aliphatic hydroxyl groups is 5. The Bertz CT molecular complexity index is 1620. The summed E-state index contributed by atoms with van der Waals surface area (Å²) in [6, 6.07) is 13.0. The average Bonchev–Trinajstić information content (AvgIpc) is 3.15. The van der Waals surface area contributed by atoms with Crippen LogP contribution in [0.4, 0.5) is 11.6 Å². The molecule has 0 aliphatic rings. The predicted molar refractivity (Wildman–Crippen MR) is 213 cm³/mol. The number of aryl methyl sites for hydroxylation is 1. The van der Waals surface area contributed by atoms with Crippen LogP contribution in [0.15, 0.2) is 36.4 Å². The van der Waals surface area contributed by atoms with Crippen molar-refractivity contribution in [2.75, 3.05) is 50.8 Å². The van der Waals surface area contributed by atoms with Crippen molar-refractivity contribution in [2.45, 2.75) is 102 Å². The van der Waals surface area contributed by atoms with Crippen LogP contribution in [-0.4, -0.2) is 122 Å². The number of unbranched alkanes of at least 4 members (excludes halogenated alkanes) is 4. The van der Waals surface area contributed by atoms with E-state index in [1.807, 2.05) is 6.07 Å². The van der Waals surface area contributed by atoms with Gasteiger partial charge in [0.15, 0.2) is 28.4 Å². The number of fused-ring (bicyclic) bond motifs is 1. The quantitative estimate of drug-likeness (QED) is 0.0354. The molecule has 0 unspecified atom stereocenters. The second-order valence-electron chi connectivity index (χ2n) is 13.8. The van der Waals surface area contributed by atoms with Gasteiger partial charge >= 0.3 is 0 Å². The summed E-state index contributed by atoms with van der Waals surface area (Å²) in [5.41, 5.74) is 13.6. The third-order valence-corrected chi connectivity index (χ3v) is 9.68. The number of nitrogens with one attached hydrogen (secondary N) is 4. The number of rotatable bonds is 24. The van der Waals surface area contributed by atoms with E-state index in [0.29, 0.717) is 13.1 Å². The molecular weight excluding hydrogens is 714 g/mol. The average molecular weight is 774 g/mol. The van der Waals surface area contributed by atoms with Gasteiger partial charge in [-0.2, -0.15) is 0 Å². The highest BCUT2D eigenvalue weighted by Crippen LogP contribution is 2.25. The van der Waals surface area contributed by atoms with Crippen LogP contribution in [0.3, 0.4) is 0 Å². The summed E-state index contributed by atoms with van der Waals surface area (Å²) in [5, 5.41) is 69.1. The first kappa shape index (κ1) is 44.7. The third-order valence-electron chi connectivity index (χ3n) is 9.41. The lowest BCUT2D eigenvalue weighted by atomic mass is 9.93. The van der Waals surface area contributed by atoms with Crippen molar-refractivity contribution in [1.82, 2.24) is 30.8 Å². The van der Waals surface area contributed by atoms with Gasteiger partial charge in [0, 0.05) is 19.1 Å². The van der Waals surface area contributed by atoms with Crippen molar-refractivity contribution in [3.05, 3.63) is 58.4 Å². The fourth-order valence-corrected chi connectivity index (χ4v) is 6.47. The summed E-state index contributed by atoms with van der Waals surface area (Å²) in [6.07, 6.45) is 2.45. The number of hydrogen-bond donors (Lipinski definition) is 11. The Labute approximate surface area is 323 Å². The summed E-state index contributed by atoms with van der Waals surface area (Å²) in [6.45, 7) is 6.46. The number of carbonyl (C=O) groups is 1. The molecular formula is C38H60ClN9O6. The van der Waals surface area contributed by atoms with Gasteiger partial charge in [-0.1, -0.05) is 74.2 Å². The molecule has 0 aliphatic carbocycles. The van der Waals surface area contributed by atoms with Crippen molar-refractivity contribution in [1.29, 1.82) is 5.41 Å². The van der Waals surface area contributed by atoms with Gasteiger partial charge in [-0.05, 0) is 87.0 Å². The Morgan fingerprint density at radius 2 is 1.54 bits per heavy atom. The maximum absolute atomic E-state index is 12.4. The maximum atomic E-state index is 12.4. The first-order valence-electron chi connectivity index (χ1n) is 18.9. The van der Waals surface area contributed by atoms with Crippen LogP contribution in [0.1, 0.15) is 80.4 Å². The van der Waals surface area contributed by atoms with E-state index in [0.717, 1.165) is 70.9 Å². The lowest BCUT2D eigenvalue weighted by Crippen LogP contribution is -2.50. The van der Waals surface area contributed by atoms with Crippen LogP contribution in [0.5, 0.6) is 0 Å². The van der Waals surface area contributed by atoms with Crippen LogP contribution < -0.4 is 27.4 Å². The molecule has 1 heterocycles. The molecule has 0 spiro atoms. The maximum Gasteiger partial charge on any atom is 0.280 e. The van der Waals surface area contributed by atoms with Gasteiger partial charge in [-0.15, -0.1) is 0 Å². The van der Waals surface area contributed by atoms with Crippen LogP contribution >= 0.6 is 11.6 Å². The molecule has 3 rings (SSSR count). The molecule has 0 bridgehead atoms. The lowest BCUT2D eigenvalue weighted by Gasteiger charge is -2.30. The van der Waals surface area contributed by atoms with Gasteiger partial charge in [0.1, 0.15) is 18.3 Å². The van der Waals surface area contributed by atoms with Crippen molar-refractivity contribution < 1.29 is 30.3 Å². The predicted octanol–water partition coefficient (Wildman–Crippen LogP) is 1.95. The van der Waals surface area contributed by atoms with E-state index in [4.69, 9.17) is 33.6 Å². The molecule has 2 aromatic carbocycles. The summed E-state index contributed by atoms with van der Waals surface area (Å²) in [4.78, 5) is 22.2. The third kappa shape index (κ3) is 14.2. The number of halogens is 1. The minimum absolute atomic E-state index is 0.0799. The fraction of sp³-hybridized carbons (Fsp3) is 0.579. The summed E-state index contributed by atoms with van der Waals surface area (Å²) in [5.74, 6) is -1.15. The first-order chi connectivity index (χ1) is 25.9. The van der Waals surface area contributed by atoms with Crippen molar-refractivity contribution >= 4 is 45.9 Å². The monoisotopic (exact) mass is 773 g/mol. The Hall–Kier alpha value is -3.67. The number of aromatic nitrogens is 2. The van der Waals surface area contributed by atoms with Gasteiger partial charge in [0.2, 0.25) is 0 Å². The van der Waals surface area contributed by atoms with E-state index in [-0.39, 0.29) is 41.0 Å². The Kier molecular flexibility index (Phi) is 19.3. The highest BCUT2D eigenvalue weighted by Gasteiger charge is 2.31. The van der Waals surface area contributed by atoms with Gasteiger partial charge in [0.25, 0.3) is 5.91 Å². The zero-order valence-corrected chi connectivity index (χ0v) is 32.2. The SMILES string of the molecule is CCCCCCN(CCCN[C@H](C)Cc1ccc(CCCCNC(=N)NC(=O)c2nc(Cl)c(N)nc2N)c2ccccc12)C[C@H](O)[C@@H](O)[C@H](O)[C@H](O)CO. The van der Waals surface area contributed by atoms with Crippen LogP contribution in [0.25, 0.3) is 10.8 Å². The van der Waals surface area contributed by atoms with Gasteiger partial charge < -0.3 is 52.5 Å². The molecule has 0 saturated heterocycles. The Morgan fingerprint density at radius 3 is 2.24 bits per heavy atom. The molecule has 15 nitrogen and oxygen atoms in total. The zero-order chi connectivity index (χ0) is 39.6. The van der Waals surface area contributed by atoms with E-state index in [1.165, 1.54) is 21.9 Å². The summed E-state index contributed by atoms with van der Waals surface area (Å²) < 4.78 is 0. The molecule has 1 amide bonds. The smallest absolute Gasteiger partial charge is 0.280 e. The molecule has 0 saturated carbocycles. The van der Waals surface area contributed by atoms with Crippen LogP contribution in [0.2, 0.25) is 5.15 Å². The molecule has 5 atom stereocenters. The van der Waals surface area contributed by atoms with E-state index >= 15 is 0 Å². The number of benzene rings is 2. The molecule has 0 radical (unpaired) electrons. The molecule has 3 aromatic rings. The van der Waals surface area contributed by atoms with Crippen molar-refractivity contribution in [2.24, 2.45) is 0 Å². The molecule has 1 aromatic heterocycles. The number of hydrogen-bond acceptors (Lipinski definition) is 13. The van der Waals surface area contributed by atoms with Gasteiger partial charge in [-0.25, -0.2) is 9.97 Å². The largest absolute Gasteiger partial charge is 0.394 e. The number of carbonyl (C=O) groups excluding carboxylic acids is 1. The topological polar surface area (TPSA) is 259 Å². The fourth-order valence-electron chi connectivity index (χ4n) is 6.34. The van der Waals surface area contributed by atoms with Crippen LogP contribution in [0, 0.1) is 5.41 Å². The molecule has 0 fully saturated rings. The van der Waals surface area contributed by atoms with E-state index < -0.39 is 36.9 Å². The minimum Gasteiger partial charge on any atom is -0.394 e. The number of guanidine groups is 1. The summed E-state index contributed by atoms with van der Waals surface area (Å²) in [7, 11) is 0. The zero-order valence-electron chi connectivity index (χ0n) is 31.5. The first-order valence-corrected chi connectivity index (χ1v) is 19.2. The van der Waals surface area contributed by atoms with Gasteiger partial charge in [-0.3, -0.25) is 15.5 Å². The molecule has 0 aliphatic heterocycles. The number of nitrogen functional groups attached to an aromatic ring is 2. The molecule has 16 heteroatoms. The normalized spacial score (nSPS) is 14.5. The molecule has 13 N–H and O–H groups in total. The van der Waals surface area contributed by atoms with E-state index in [1.54, 1.807) is 0 Å².